The summed E-state index contributed by atoms with van der Waals surface area (Å²) in [6.07, 6.45) is 6.09. The molecule has 0 fully saturated rings. The van der Waals surface area contributed by atoms with E-state index in [0.717, 1.165) is 31.5 Å². The van der Waals surface area contributed by atoms with E-state index in [1.54, 1.807) is 18.5 Å². The van der Waals surface area contributed by atoms with E-state index in [1.165, 1.54) is 12.1 Å². The quantitative estimate of drug-likeness (QED) is 0.726. The van der Waals surface area contributed by atoms with E-state index < -0.39 is 0 Å². The van der Waals surface area contributed by atoms with Crippen LogP contribution in [0.15, 0.2) is 36.9 Å². The van der Waals surface area contributed by atoms with Crippen LogP contribution in [0.1, 0.15) is 25.3 Å². The normalized spacial score (nSPS) is 10.7. The van der Waals surface area contributed by atoms with Gasteiger partial charge in [0.05, 0.1) is 6.54 Å². The Bertz CT molecular complexity index is 462. The second kappa shape index (κ2) is 5.57. The number of rotatable bonds is 5. The van der Waals surface area contributed by atoms with Crippen molar-refractivity contribution in [1.82, 2.24) is 9.78 Å². The molecule has 0 N–H and O–H groups in total. The summed E-state index contributed by atoms with van der Waals surface area (Å²) in [6, 6.07) is 6.56. The van der Waals surface area contributed by atoms with Gasteiger partial charge in [0.15, 0.2) is 0 Å². The van der Waals surface area contributed by atoms with Crippen LogP contribution in [0.25, 0.3) is 0 Å². The molecule has 1 aromatic heterocycles. The van der Waals surface area contributed by atoms with Gasteiger partial charge in [-0.1, -0.05) is 25.5 Å². The van der Waals surface area contributed by atoms with E-state index in [4.69, 9.17) is 0 Å². The fraction of sp³-hybridized carbons (Fsp3) is 0.385. The molecule has 1 heterocycles. The Balaban J connectivity index is 1.98. The molecule has 0 aliphatic rings. The van der Waals surface area contributed by atoms with Crippen molar-refractivity contribution in [2.24, 2.45) is 0 Å². The zero-order valence-electron chi connectivity index (χ0n) is 10.0. The molecule has 0 bridgehead atoms. The molecule has 2 aromatic rings. The average molecular weight is 234 g/mol. The van der Waals surface area contributed by atoms with Gasteiger partial charge in [-0.3, -0.25) is 0 Å². The summed E-state index contributed by atoms with van der Waals surface area (Å²) in [5.41, 5.74) is 1.08. The number of nitrogens with zero attached hydrogens (tertiary/aromatic N) is 3. The fourth-order valence-electron chi connectivity index (χ4n) is 1.68. The highest BCUT2D eigenvalue weighted by atomic mass is 19.1. The number of hydrogen-bond acceptors (Lipinski definition) is 1. The topological polar surface area (TPSA) is 21.7 Å². The van der Waals surface area contributed by atoms with Gasteiger partial charge in [0.25, 0.3) is 6.33 Å². The number of aromatic nitrogens is 3. The highest BCUT2D eigenvalue weighted by molar-refractivity contribution is 5.14. The van der Waals surface area contributed by atoms with Crippen LogP contribution in [0.5, 0.6) is 0 Å². The van der Waals surface area contributed by atoms with Crippen molar-refractivity contribution in [3.05, 3.63) is 48.3 Å². The van der Waals surface area contributed by atoms with Crippen molar-refractivity contribution in [3.8, 4) is 0 Å². The number of unbranched alkanes of at least 4 members (excludes halogenated alkanes) is 1. The molecule has 0 aliphatic heterocycles. The number of hydrogen-bond donors (Lipinski definition) is 0. The van der Waals surface area contributed by atoms with E-state index >= 15 is 0 Å². The Labute approximate surface area is 101 Å². The van der Waals surface area contributed by atoms with Crippen LogP contribution in [0.3, 0.4) is 0 Å². The molecular formula is C13H17FN3+. The van der Waals surface area contributed by atoms with Gasteiger partial charge in [0.2, 0.25) is 6.33 Å². The Kier molecular flexibility index (Phi) is 3.85. The zero-order valence-corrected chi connectivity index (χ0v) is 10.0. The predicted octanol–water partition coefficient (Wildman–Crippen LogP) is 2.16. The molecule has 3 nitrogen and oxygen atoms in total. The number of aryl methyl sites for hydroxylation is 1. The summed E-state index contributed by atoms with van der Waals surface area (Å²) in [5.74, 6) is -0.197. The van der Waals surface area contributed by atoms with E-state index in [0.29, 0.717) is 0 Å². The molecule has 0 saturated carbocycles. The van der Waals surface area contributed by atoms with Crippen LogP contribution in [0, 0.1) is 5.82 Å². The van der Waals surface area contributed by atoms with Gasteiger partial charge in [-0.15, -0.1) is 4.68 Å². The minimum absolute atomic E-state index is 0.197. The largest absolute Gasteiger partial charge is 0.265 e. The summed E-state index contributed by atoms with van der Waals surface area (Å²) < 4.78 is 16.7. The number of benzene rings is 1. The smallest absolute Gasteiger partial charge is 0.233 e. The van der Waals surface area contributed by atoms with Gasteiger partial charge in [-0.25, -0.2) is 8.96 Å². The predicted molar refractivity (Wildman–Crippen MR) is 62.8 cm³/mol. The van der Waals surface area contributed by atoms with Crippen molar-refractivity contribution >= 4 is 0 Å². The average Bonchev–Trinajstić information content (AvgIpc) is 2.77. The lowest BCUT2D eigenvalue weighted by molar-refractivity contribution is -0.689. The highest BCUT2D eigenvalue weighted by Crippen LogP contribution is 2.01. The lowest BCUT2D eigenvalue weighted by atomic mass is 10.2. The molecule has 4 heteroatoms. The SMILES string of the molecule is CCCCn1c[n+](Cc2ccc(F)cc2)cn1. The molecule has 0 unspecified atom stereocenters. The lowest BCUT2D eigenvalue weighted by Crippen LogP contribution is -2.31. The molecule has 0 atom stereocenters. The van der Waals surface area contributed by atoms with Crippen molar-refractivity contribution < 1.29 is 8.96 Å². The minimum atomic E-state index is -0.197. The van der Waals surface area contributed by atoms with Crippen molar-refractivity contribution in [3.63, 3.8) is 0 Å². The van der Waals surface area contributed by atoms with Crippen LogP contribution in [-0.4, -0.2) is 9.78 Å². The molecule has 90 valence electrons. The van der Waals surface area contributed by atoms with Crippen molar-refractivity contribution in [2.75, 3.05) is 0 Å². The highest BCUT2D eigenvalue weighted by Gasteiger charge is 2.05. The second-order valence-electron chi connectivity index (χ2n) is 4.16. The van der Waals surface area contributed by atoms with Crippen LogP contribution in [0.4, 0.5) is 4.39 Å². The Morgan fingerprint density at radius 1 is 1.29 bits per heavy atom. The lowest BCUT2D eigenvalue weighted by Gasteiger charge is -1.97. The van der Waals surface area contributed by atoms with Crippen LogP contribution in [-0.2, 0) is 13.1 Å². The third-order valence-corrected chi connectivity index (χ3v) is 2.65. The first kappa shape index (κ1) is 11.8. The summed E-state index contributed by atoms with van der Waals surface area (Å²) in [6.45, 7) is 3.84. The number of halogens is 1. The van der Waals surface area contributed by atoms with E-state index in [2.05, 4.69) is 12.0 Å². The van der Waals surface area contributed by atoms with Gasteiger partial charge in [0, 0.05) is 5.10 Å². The molecule has 17 heavy (non-hydrogen) atoms. The van der Waals surface area contributed by atoms with Gasteiger partial charge in [-0.2, -0.15) is 0 Å². The van der Waals surface area contributed by atoms with Gasteiger partial charge < -0.3 is 0 Å². The maximum absolute atomic E-state index is 12.7. The molecule has 0 amide bonds. The minimum Gasteiger partial charge on any atom is -0.233 e. The first-order valence-electron chi connectivity index (χ1n) is 5.94. The standard InChI is InChI=1S/C13H17FN3/c1-2-3-8-17-11-16(10-15-17)9-12-4-6-13(14)7-5-12/h4-7,10-11H,2-3,8-9H2,1H3/q+1. The van der Waals surface area contributed by atoms with E-state index in [9.17, 15) is 4.39 Å². The first-order valence-corrected chi connectivity index (χ1v) is 5.94. The van der Waals surface area contributed by atoms with Crippen molar-refractivity contribution in [2.45, 2.75) is 32.9 Å². The Morgan fingerprint density at radius 2 is 2.06 bits per heavy atom. The maximum atomic E-state index is 12.7. The summed E-state index contributed by atoms with van der Waals surface area (Å²) >= 11 is 0. The monoisotopic (exact) mass is 234 g/mol. The first-order chi connectivity index (χ1) is 8.28. The van der Waals surface area contributed by atoms with Gasteiger partial charge >= 0.3 is 0 Å². The maximum Gasteiger partial charge on any atom is 0.265 e. The third-order valence-electron chi connectivity index (χ3n) is 2.65. The molecule has 0 aliphatic carbocycles. The summed E-state index contributed by atoms with van der Waals surface area (Å²) in [7, 11) is 0. The van der Waals surface area contributed by atoms with Crippen molar-refractivity contribution in [1.29, 1.82) is 0 Å². The molecule has 1 aromatic carbocycles. The van der Waals surface area contributed by atoms with Crippen LogP contribution in [0.2, 0.25) is 0 Å². The molecule has 0 saturated heterocycles. The Hall–Kier alpha value is -1.71. The Morgan fingerprint density at radius 3 is 2.76 bits per heavy atom. The zero-order chi connectivity index (χ0) is 12.1. The summed E-state index contributed by atoms with van der Waals surface area (Å²) in [5, 5.41) is 4.27. The van der Waals surface area contributed by atoms with Gasteiger partial charge in [-0.05, 0) is 24.1 Å². The second-order valence-corrected chi connectivity index (χ2v) is 4.16. The van der Waals surface area contributed by atoms with E-state index in [-0.39, 0.29) is 5.82 Å². The summed E-state index contributed by atoms with van der Waals surface area (Å²) in [4.78, 5) is 0. The fourth-order valence-corrected chi connectivity index (χ4v) is 1.68. The van der Waals surface area contributed by atoms with Gasteiger partial charge in [0.1, 0.15) is 12.4 Å². The molecule has 2 rings (SSSR count). The van der Waals surface area contributed by atoms with E-state index in [1.807, 2.05) is 15.6 Å². The van der Waals surface area contributed by atoms with Crippen LogP contribution >= 0.6 is 0 Å². The molecule has 0 radical (unpaired) electrons. The van der Waals surface area contributed by atoms with Crippen LogP contribution < -0.4 is 4.57 Å². The third kappa shape index (κ3) is 3.37. The molecular weight excluding hydrogens is 217 g/mol. The molecule has 0 spiro atoms.